The van der Waals surface area contributed by atoms with Gasteiger partial charge in [0.25, 0.3) is 0 Å². The van der Waals surface area contributed by atoms with Gasteiger partial charge in [-0.15, -0.1) is 0 Å². The van der Waals surface area contributed by atoms with E-state index in [2.05, 4.69) is 6.92 Å². The van der Waals surface area contributed by atoms with Gasteiger partial charge in [-0.3, -0.25) is 4.79 Å². The smallest absolute Gasteiger partial charge is 0.339 e. The molecule has 0 bridgehead atoms. The van der Waals surface area contributed by atoms with Gasteiger partial charge in [-0.05, 0) is 45.7 Å². The third-order valence-corrected chi connectivity index (χ3v) is 4.12. The fourth-order valence-electron chi connectivity index (χ4n) is 2.54. The summed E-state index contributed by atoms with van der Waals surface area (Å²) in [5, 5.41) is 0. The highest BCUT2D eigenvalue weighted by molar-refractivity contribution is 5.94. The molecule has 0 heterocycles. The second kappa shape index (κ2) is 5.61. The van der Waals surface area contributed by atoms with Gasteiger partial charge in [0, 0.05) is 6.42 Å². The minimum Gasteiger partial charge on any atom is -0.447 e. The van der Waals surface area contributed by atoms with Gasteiger partial charge in [-0.2, -0.15) is 0 Å². The van der Waals surface area contributed by atoms with E-state index in [1.54, 1.807) is 24.3 Å². The summed E-state index contributed by atoms with van der Waals surface area (Å²) in [5.41, 5.74) is 1.93. The molecule has 1 atom stereocenters. The van der Waals surface area contributed by atoms with Gasteiger partial charge in [0.2, 0.25) is 0 Å². The molecule has 20 heavy (non-hydrogen) atoms. The third kappa shape index (κ3) is 2.82. The quantitative estimate of drug-likeness (QED) is 0.622. The lowest BCUT2D eigenvalue weighted by Crippen LogP contribution is -2.44. The number of hydrogen-bond donors (Lipinski definition) is 0. The lowest BCUT2D eigenvalue weighted by molar-refractivity contribution is -0.137. The first-order chi connectivity index (χ1) is 9.44. The van der Waals surface area contributed by atoms with E-state index in [1.807, 2.05) is 13.0 Å². The first-order valence-corrected chi connectivity index (χ1v) is 6.89. The molecule has 1 aliphatic rings. The molecule has 0 amide bonds. The lowest BCUT2D eigenvalue weighted by Gasteiger charge is -2.35. The van der Waals surface area contributed by atoms with E-state index in [-0.39, 0.29) is 5.78 Å². The molecule has 1 unspecified atom stereocenters. The number of rotatable bonds is 3. The number of benzene rings is 1. The van der Waals surface area contributed by atoms with Crippen molar-refractivity contribution in [1.29, 1.82) is 0 Å². The summed E-state index contributed by atoms with van der Waals surface area (Å²) in [4.78, 5) is 24.3. The standard InChI is InChI=1S/C17H20O3/c1-12-9-10-17(14(3)18,11-13(12)2)20-16(19)15-7-5-4-6-8-15/h4-8H,9-11H2,1-3H3. The SMILES string of the molecule is CC(=O)C1(OC(=O)c2ccccc2)CCC(C)=C(C)C1. The average Bonchev–Trinajstić information content (AvgIpc) is 2.44. The predicted molar refractivity (Wildman–Crippen MR) is 77.5 cm³/mol. The minimum absolute atomic E-state index is 0.0753. The van der Waals surface area contributed by atoms with Gasteiger partial charge in [-0.1, -0.05) is 29.3 Å². The molecule has 0 spiro atoms. The van der Waals surface area contributed by atoms with Crippen LogP contribution in [0, 0.1) is 0 Å². The van der Waals surface area contributed by atoms with Crippen LogP contribution in [0.4, 0.5) is 0 Å². The van der Waals surface area contributed by atoms with E-state index in [0.717, 1.165) is 12.0 Å². The number of carbonyl (C=O) groups is 2. The molecule has 2 rings (SSSR count). The van der Waals surface area contributed by atoms with E-state index in [9.17, 15) is 9.59 Å². The van der Waals surface area contributed by atoms with Crippen LogP contribution in [0.15, 0.2) is 41.5 Å². The molecule has 0 N–H and O–H groups in total. The molecule has 3 nitrogen and oxygen atoms in total. The fraction of sp³-hybridized carbons (Fsp3) is 0.412. The van der Waals surface area contributed by atoms with Crippen molar-refractivity contribution in [3.63, 3.8) is 0 Å². The first-order valence-electron chi connectivity index (χ1n) is 6.89. The molecular weight excluding hydrogens is 252 g/mol. The highest BCUT2D eigenvalue weighted by atomic mass is 16.6. The van der Waals surface area contributed by atoms with E-state index in [4.69, 9.17) is 4.74 Å². The molecule has 1 aliphatic carbocycles. The molecule has 106 valence electrons. The lowest BCUT2D eigenvalue weighted by atomic mass is 9.79. The zero-order valence-corrected chi connectivity index (χ0v) is 12.2. The van der Waals surface area contributed by atoms with Gasteiger partial charge < -0.3 is 4.74 Å². The van der Waals surface area contributed by atoms with Crippen molar-refractivity contribution in [3.05, 3.63) is 47.0 Å². The minimum atomic E-state index is -0.990. The Morgan fingerprint density at radius 2 is 1.75 bits per heavy atom. The molecule has 1 aromatic rings. The Morgan fingerprint density at radius 1 is 1.10 bits per heavy atom. The number of allylic oxidation sites excluding steroid dienone is 1. The second-order valence-electron chi connectivity index (χ2n) is 5.54. The summed E-state index contributed by atoms with van der Waals surface area (Å²) in [6.45, 7) is 5.58. The normalized spacial score (nSPS) is 22.6. The fourth-order valence-corrected chi connectivity index (χ4v) is 2.54. The molecule has 3 heteroatoms. The van der Waals surface area contributed by atoms with Crippen LogP contribution in [0.2, 0.25) is 0 Å². The number of ether oxygens (including phenoxy) is 1. The molecule has 0 fully saturated rings. The monoisotopic (exact) mass is 272 g/mol. The summed E-state index contributed by atoms with van der Waals surface area (Å²) >= 11 is 0. The van der Waals surface area contributed by atoms with Gasteiger partial charge in [0.1, 0.15) is 0 Å². The van der Waals surface area contributed by atoms with E-state index in [1.165, 1.54) is 12.5 Å². The van der Waals surface area contributed by atoms with Crippen molar-refractivity contribution in [1.82, 2.24) is 0 Å². The van der Waals surface area contributed by atoms with Crippen molar-refractivity contribution in [2.75, 3.05) is 0 Å². The topological polar surface area (TPSA) is 43.4 Å². The summed E-state index contributed by atoms with van der Waals surface area (Å²) in [6, 6.07) is 8.81. The molecule has 0 saturated heterocycles. The maximum Gasteiger partial charge on any atom is 0.339 e. The van der Waals surface area contributed by atoms with Crippen LogP contribution >= 0.6 is 0 Å². The summed E-state index contributed by atoms with van der Waals surface area (Å²) in [6.07, 6.45) is 1.88. The van der Waals surface area contributed by atoms with Crippen LogP contribution in [0.25, 0.3) is 0 Å². The maximum atomic E-state index is 12.2. The summed E-state index contributed by atoms with van der Waals surface area (Å²) < 4.78 is 5.62. The largest absolute Gasteiger partial charge is 0.447 e. The number of carbonyl (C=O) groups excluding carboxylic acids is 2. The third-order valence-electron chi connectivity index (χ3n) is 4.12. The molecule has 0 aliphatic heterocycles. The van der Waals surface area contributed by atoms with Crippen molar-refractivity contribution in [2.24, 2.45) is 0 Å². The average molecular weight is 272 g/mol. The number of esters is 1. The molecule has 0 radical (unpaired) electrons. The van der Waals surface area contributed by atoms with Crippen LogP contribution in [0.1, 0.15) is 50.4 Å². The van der Waals surface area contributed by atoms with Crippen molar-refractivity contribution < 1.29 is 14.3 Å². The van der Waals surface area contributed by atoms with Crippen LogP contribution in [0.3, 0.4) is 0 Å². The van der Waals surface area contributed by atoms with E-state index < -0.39 is 11.6 Å². The van der Waals surface area contributed by atoms with Crippen LogP contribution < -0.4 is 0 Å². The number of hydrogen-bond acceptors (Lipinski definition) is 3. The van der Waals surface area contributed by atoms with Gasteiger partial charge in [0.15, 0.2) is 11.4 Å². The number of ketones is 1. The van der Waals surface area contributed by atoms with Gasteiger partial charge in [0.05, 0.1) is 5.56 Å². The van der Waals surface area contributed by atoms with E-state index in [0.29, 0.717) is 18.4 Å². The molecule has 0 saturated carbocycles. The Morgan fingerprint density at radius 3 is 2.30 bits per heavy atom. The summed E-state index contributed by atoms with van der Waals surface area (Å²) in [5.74, 6) is -0.498. The second-order valence-corrected chi connectivity index (χ2v) is 5.54. The highest BCUT2D eigenvalue weighted by Gasteiger charge is 2.42. The van der Waals surface area contributed by atoms with Crippen molar-refractivity contribution in [3.8, 4) is 0 Å². The van der Waals surface area contributed by atoms with Crippen LogP contribution in [-0.4, -0.2) is 17.4 Å². The summed E-state index contributed by atoms with van der Waals surface area (Å²) in [7, 11) is 0. The molecule has 0 aromatic heterocycles. The van der Waals surface area contributed by atoms with Crippen molar-refractivity contribution >= 4 is 11.8 Å². The Hall–Kier alpha value is -1.90. The highest BCUT2D eigenvalue weighted by Crippen LogP contribution is 2.36. The zero-order valence-electron chi connectivity index (χ0n) is 12.2. The predicted octanol–water partition coefficient (Wildman–Crippen LogP) is 3.69. The first kappa shape index (κ1) is 14.5. The molecule has 1 aromatic carbocycles. The van der Waals surface area contributed by atoms with Gasteiger partial charge >= 0.3 is 5.97 Å². The van der Waals surface area contributed by atoms with Crippen LogP contribution in [-0.2, 0) is 9.53 Å². The maximum absolute atomic E-state index is 12.2. The van der Waals surface area contributed by atoms with Crippen molar-refractivity contribution in [2.45, 2.75) is 45.6 Å². The molecular formula is C17H20O3. The van der Waals surface area contributed by atoms with E-state index >= 15 is 0 Å². The Labute approximate surface area is 119 Å². The zero-order chi connectivity index (χ0) is 14.8. The number of Topliss-reactive ketones (excluding diaryl/α,β-unsaturated/α-hetero) is 1. The Kier molecular flexibility index (Phi) is 4.07. The Bertz CT molecular complexity index is 557. The van der Waals surface area contributed by atoms with Gasteiger partial charge in [-0.25, -0.2) is 4.79 Å². The van der Waals surface area contributed by atoms with Crippen LogP contribution in [0.5, 0.6) is 0 Å². The Balaban J connectivity index is 2.24.